The molecule has 0 radical (unpaired) electrons. The van der Waals surface area contributed by atoms with Crippen molar-refractivity contribution in [3.05, 3.63) is 52.0 Å². The van der Waals surface area contributed by atoms with Crippen molar-refractivity contribution >= 4 is 38.9 Å². The highest BCUT2D eigenvalue weighted by molar-refractivity contribution is 9.10. The van der Waals surface area contributed by atoms with Gasteiger partial charge < -0.3 is 16.4 Å². The Morgan fingerprint density at radius 2 is 2.00 bits per heavy atom. The normalized spacial score (nSPS) is 10.2. The molecule has 0 fully saturated rings. The molecule has 0 aliphatic carbocycles. The number of hydrogen-bond donors (Lipinski definition) is 3. The second-order valence-electron chi connectivity index (χ2n) is 4.70. The van der Waals surface area contributed by atoms with Gasteiger partial charge in [0.15, 0.2) is 0 Å². The van der Waals surface area contributed by atoms with E-state index in [1.165, 1.54) is 0 Å². The molecule has 0 aromatic heterocycles. The number of amides is 1. The predicted octanol–water partition coefficient (Wildman–Crippen LogP) is 3.83. The van der Waals surface area contributed by atoms with Crippen LogP contribution < -0.4 is 16.4 Å². The molecule has 0 aliphatic rings. The zero-order chi connectivity index (χ0) is 15.4. The van der Waals surface area contributed by atoms with Crippen LogP contribution in [0, 0.1) is 6.92 Å². The number of benzene rings is 2. The van der Waals surface area contributed by atoms with Crippen molar-refractivity contribution in [2.45, 2.75) is 13.8 Å². The van der Waals surface area contributed by atoms with E-state index in [4.69, 9.17) is 5.73 Å². The first-order valence-electron chi connectivity index (χ1n) is 6.72. The van der Waals surface area contributed by atoms with E-state index < -0.39 is 0 Å². The summed E-state index contributed by atoms with van der Waals surface area (Å²) in [6, 6.07) is 11.1. The molecular formula is C16H18BrN3O. The number of carbonyl (C=O) groups is 1. The van der Waals surface area contributed by atoms with Gasteiger partial charge in [0.05, 0.1) is 11.4 Å². The summed E-state index contributed by atoms with van der Waals surface area (Å²) in [6.45, 7) is 4.49. The summed E-state index contributed by atoms with van der Waals surface area (Å²) in [5.74, 6) is -0.105. The van der Waals surface area contributed by atoms with Crippen molar-refractivity contribution in [2.24, 2.45) is 0 Å². The van der Waals surface area contributed by atoms with E-state index >= 15 is 0 Å². The number of carbonyl (C=O) groups excluding carboxylic acids is 1. The number of rotatable bonds is 4. The quantitative estimate of drug-likeness (QED) is 0.736. The van der Waals surface area contributed by atoms with E-state index in [2.05, 4.69) is 26.6 Å². The Labute approximate surface area is 132 Å². The molecule has 110 valence electrons. The summed E-state index contributed by atoms with van der Waals surface area (Å²) in [4.78, 5) is 11.9. The molecule has 4 N–H and O–H groups in total. The highest BCUT2D eigenvalue weighted by Crippen LogP contribution is 2.29. The Morgan fingerprint density at radius 3 is 2.71 bits per heavy atom. The molecule has 2 rings (SSSR count). The first-order chi connectivity index (χ1) is 10.0. The zero-order valence-corrected chi connectivity index (χ0v) is 13.6. The van der Waals surface area contributed by atoms with Crippen LogP contribution in [-0.2, 0) is 0 Å². The van der Waals surface area contributed by atoms with E-state index in [-0.39, 0.29) is 5.91 Å². The standard InChI is InChI=1S/C16H18BrN3O/c1-3-19-16(21)11-7-8-13(18)15(9-11)20-14-6-4-5-12(17)10(14)2/h4-9,20H,3,18H2,1-2H3,(H,19,21). The summed E-state index contributed by atoms with van der Waals surface area (Å²) in [6.07, 6.45) is 0. The van der Waals surface area contributed by atoms with Crippen molar-refractivity contribution in [1.82, 2.24) is 5.32 Å². The van der Waals surface area contributed by atoms with Crippen LogP contribution in [0.5, 0.6) is 0 Å². The highest BCUT2D eigenvalue weighted by atomic mass is 79.9. The van der Waals surface area contributed by atoms with E-state index in [0.29, 0.717) is 17.8 Å². The molecular weight excluding hydrogens is 330 g/mol. The molecule has 0 atom stereocenters. The van der Waals surface area contributed by atoms with Crippen LogP contribution in [0.3, 0.4) is 0 Å². The van der Waals surface area contributed by atoms with Crippen LogP contribution in [0.4, 0.5) is 17.1 Å². The number of halogens is 1. The van der Waals surface area contributed by atoms with Gasteiger partial charge in [0.1, 0.15) is 0 Å². The van der Waals surface area contributed by atoms with Gasteiger partial charge in [0.25, 0.3) is 5.91 Å². The fraction of sp³-hybridized carbons (Fsp3) is 0.188. The highest BCUT2D eigenvalue weighted by Gasteiger charge is 2.09. The maximum absolute atomic E-state index is 11.9. The van der Waals surface area contributed by atoms with Crippen LogP contribution >= 0.6 is 15.9 Å². The van der Waals surface area contributed by atoms with Gasteiger partial charge in [0.2, 0.25) is 0 Å². The average Bonchev–Trinajstić information content (AvgIpc) is 2.46. The van der Waals surface area contributed by atoms with Crippen LogP contribution in [0.25, 0.3) is 0 Å². The lowest BCUT2D eigenvalue weighted by Gasteiger charge is -2.14. The third-order valence-electron chi connectivity index (χ3n) is 3.19. The lowest BCUT2D eigenvalue weighted by molar-refractivity contribution is 0.0956. The SMILES string of the molecule is CCNC(=O)c1ccc(N)c(Nc2cccc(Br)c2C)c1. The van der Waals surface area contributed by atoms with Crippen LogP contribution in [-0.4, -0.2) is 12.5 Å². The van der Waals surface area contributed by atoms with Gasteiger partial charge in [-0.25, -0.2) is 0 Å². The molecule has 0 aliphatic heterocycles. The van der Waals surface area contributed by atoms with Crippen molar-refractivity contribution in [2.75, 3.05) is 17.6 Å². The first-order valence-corrected chi connectivity index (χ1v) is 7.52. The van der Waals surface area contributed by atoms with Gasteiger partial charge in [-0.3, -0.25) is 4.79 Å². The molecule has 0 heterocycles. The summed E-state index contributed by atoms with van der Waals surface area (Å²) in [7, 11) is 0. The number of anilines is 3. The maximum Gasteiger partial charge on any atom is 0.251 e. The molecule has 4 nitrogen and oxygen atoms in total. The Bertz CT molecular complexity index is 671. The van der Waals surface area contributed by atoms with Gasteiger partial charge in [-0.2, -0.15) is 0 Å². The van der Waals surface area contributed by atoms with Crippen LogP contribution in [0.2, 0.25) is 0 Å². The maximum atomic E-state index is 11.9. The predicted molar refractivity (Wildman–Crippen MR) is 91.0 cm³/mol. The second-order valence-corrected chi connectivity index (χ2v) is 5.55. The molecule has 0 saturated heterocycles. The number of hydrogen-bond acceptors (Lipinski definition) is 3. The summed E-state index contributed by atoms with van der Waals surface area (Å²) in [5.41, 5.74) is 9.93. The van der Waals surface area contributed by atoms with Crippen LogP contribution in [0.15, 0.2) is 40.9 Å². The molecule has 0 spiro atoms. The zero-order valence-electron chi connectivity index (χ0n) is 12.0. The second kappa shape index (κ2) is 6.63. The van der Waals surface area contributed by atoms with Gasteiger partial charge in [-0.1, -0.05) is 22.0 Å². The van der Waals surface area contributed by atoms with Gasteiger partial charge in [0, 0.05) is 22.3 Å². The fourth-order valence-corrected chi connectivity index (χ4v) is 2.32. The third kappa shape index (κ3) is 3.55. The Kier molecular flexibility index (Phi) is 4.85. The molecule has 0 bridgehead atoms. The molecule has 0 unspecified atom stereocenters. The lowest BCUT2D eigenvalue weighted by Crippen LogP contribution is -2.22. The minimum atomic E-state index is -0.105. The third-order valence-corrected chi connectivity index (χ3v) is 4.05. The smallest absolute Gasteiger partial charge is 0.251 e. The van der Waals surface area contributed by atoms with E-state index in [1.807, 2.05) is 32.0 Å². The van der Waals surface area contributed by atoms with Crippen LogP contribution in [0.1, 0.15) is 22.8 Å². The van der Waals surface area contributed by atoms with Gasteiger partial charge in [-0.15, -0.1) is 0 Å². The Hall–Kier alpha value is -2.01. The minimum absolute atomic E-state index is 0.105. The Morgan fingerprint density at radius 1 is 1.24 bits per heavy atom. The fourth-order valence-electron chi connectivity index (χ4n) is 1.96. The first kappa shape index (κ1) is 15.4. The lowest BCUT2D eigenvalue weighted by atomic mass is 10.1. The molecule has 2 aromatic rings. The molecule has 0 saturated carbocycles. The number of nitrogen functional groups attached to an aromatic ring is 1. The largest absolute Gasteiger partial charge is 0.397 e. The minimum Gasteiger partial charge on any atom is -0.397 e. The van der Waals surface area contributed by atoms with E-state index in [0.717, 1.165) is 21.4 Å². The van der Waals surface area contributed by atoms with E-state index in [9.17, 15) is 4.79 Å². The van der Waals surface area contributed by atoms with Crippen molar-refractivity contribution < 1.29 is 4.79 Å². The van der Waals surface area contributed by atoms with E-state index in [1.54, 1.807) is 18.2 Å². The van der Waals surface area contributed by atoms with Crippen molar-refractivity contribution in [3.63, 3.8) is 0 Å². The topological polar surface area (TPSA) is 67.2 Å². The van der Waals surface area contributed by atoms with Gasteiger partial charge >= 0.3 is 0 Å². The average molecular weight is 348 g/mol. The van der Waals surface area contributed by atoms with Gasteiger partial charge in [-0.05, 0) is 49.7 Å². The molecule has 2 aromatic carbocycles. The molecule has 5 heteroatoms. The summed E-state index contributed by atoms with van der Waals surface area (Å²) in [5, 5.41) is 6.06. The number of nitrogens with two attached hydrogens (primary N) is 1. The van der Waals surface area contributed by atoms with Crippen molar-refractivity contribution in [3.8, 4) is 0 Å². The molecule has 21 heavy (non-hydrogen) atoms. The van der Waals surface area contributed by atoms with Crippen molar-refractivity contribution in [1.29, 1.82) is 0 Å². The molecule has 1 amide bonds. The summed E-state index contributed by atoms with van der Waals surface area (Å²) < 4.78 is 1.02. The Balaban J connectivity index is 2.33. The monoisotopic (exact) mass is 347 g/mol. The summed E-state index contributed by atoms with van der Waals surface area (Å²) >= 11 is 3.50. The number of nitrogens with one attached hydrogen (secondary N) is 2.